The minimum absolute atomic E-state index is 0.273. The Morgan fingerprint density at radius 1 is 1.37 bits per heavy atom. The number of anilines is 2. The molecule has 1 aromatic heterocycles. The van der Waals surface area contributed by atoms with E-state index in [0.29, 0.717) is 21.9 Å². The van der Waals surface area contributed by atoms with Crippen LogP contribution in [0.4, 0.5) is 11.5 Å². The van der Waals surface area contributed by atoms with Crippen molar-refractivity contribution in [3.8, 4) is 5.75 Å². The van der Waals surface area contributed by atoms with Crippen LogP contribution in [-0.2, 0) is 0 Å². The van der Waals surface area contributed by atoms with Gasteiger partial charge in [-0.25, -0.2) is 9.97 Å². The lowest BCUT2D eigenvalue weighted by Crippen LogP contribution is -2.16. The molecule has 1 amide bonds. The van der Waals surface area contributed by atoms with Crippen molar-refractivity contribution in [2.24, 2.45) is 0 Å². The van der Waals surface area contributed by atoms with Gasteiger partial charge in [0.2, 0.25) is 0 Å². The fourth-order valence-electron chi connectivity index (χ4n) is 1.52. The van der Waals surface area contributed by atoms with E-state index < -0.39 is 5.91 Å². The van der Waals surface area contributed by atoms with E-state index in [1.165, 1.54) is 19.5 Å². The summed E-state index contributed by atoms with van der Waals surface area (Å²) in [5.41, 5.74) is 6.40. The van der Waals surface area contributed by atoms with Gasteiger partial charge in [-0.1, -0.05) is 6.07 Å². The van der Waals surface area contributed by atoms with Crippen molar-refractivity contribution in [2.45, 2.75) is 0 Å². The molecule has 0 aliphatic rings. The highest BCUT2D eigenvalue weighted by atomic mass is 79.9. The molecule has 0 saturated carbocycles. The summed E-state index contributed by atoms with van der Waals surface area (Å²) >= 11 is 3.16. The Morgan fingerprint density at radius 3 is 2.79 bits per heavy atom. The monoisotopic (exact) mass is 322 g/mol. The van der Waals surface area contributed by atoms with E-state index in [1.54, 1.807) is 18.2 Å². The van der Waals surface area contributed by atoms with Crippen molar-refractivity contribution in [3.63, 3.8) is 0 Å². The van der Waals surface area contributed by atoms with Crippen LogP contribution >= 0.6 is 15.9 Å². The van der Waals surface area contributed by atoms with Gasteiger partial charge in [0.05, 0.1) is 19.5 Å². The summed E-state index contributed by atoms with van der Waals surface area (Å²) < 4.78 is 5.71. The van der Waals surface area contributed by atoms with E-state index in [0.717, 1.165) is 0 Å². The summed E-state index contributed by atoms with van der Waals surface area (Å²) in [5.74, 6) is 0.340. The molecule has 98 valence electrons. The van der Waals surface area contributed by atoms with Gasteiger partial charge in [-0.15, -0.1) is 0 Å². The van der Waals surface area contributed by atoms with Crippen molar-refractivity contribution >= 4 is 33.3 Å². The van der Waals surface area contributed by atoms with Gasteiger partial charge in [-0.2, -0.15) is 0 Å². The van der Waals surface area contributed by atoms with Crippen molar-refractivity contribution in [2.75, 3.05) is 18.2 Å². The number of aromatic nitrogens is 2. The van der Waals surface area contributed by atoms with Crippen LogP contribution in [-0.4, -0.2) is 23.0 Å². The second-order valence-corrected chi connectivity index (χ2v) is 4.42. The highest BCUT2D eigenvalue weighted by molar-refractivity contribution is 9.10. The number of amides is 1. The molecule has 0 aliphatic heterocycles. The van der Waals surface area contributed by atoms with Gasteiger partial charge in [0, 0.05) is 5.69 Å². The molecule has 1 heterocycles. The van der Waals surface area contributed by atoms with Gasteiger partial charge in [-0.05, 0) is 28.1 Å². The van der Waals surface area contributed by atoms with E-state index in [2.05, 4.69) is 31.2 Å². The molecule has 0 aliphatic carbocycles. The topological polar surface area (TPSA) is 90.1 Å². The molecule has 0 fully saturated rings. The lowest BCUT2D eigenvalue weighted by atomic mass is 10.1. The highest BCUT2D eigenvalue weighted by Gasteiger charge is 2.16. The quantitative estimate of drug-likeness (QED) is 0.844. The average Bonchev–Trinajstić information content (AvgIpc) is 2.40. The number of carbonyl (C=O) groups is 1. The van der Waals surface area contributed by atoms with Gasteiger partial charge >= 0.3 is 0 Å². The molecule has 19 heavy (non-hydrogen) atoms. The molecule has 0 bridgehead atoms. The Balaban J connectivity index is 2.27. The standard InChI is InChI=1S/C12H11BrN4O2/c1-19-8-4-2-3-7(14)11(8)12(18)17-10-6-15-9(13)5-16-10/h2-6H,14H2,1H3,(H,16,17,18). The number of nitrogens with two attached hydrogens (primary N) is 1. The van der Waals surface area contributed by atoms with Crippen molar-refractivity contribution in [1.29, 1.82) is 0 Å². The summed E-state index contributed by atoms with van der Waals surface area (Å²) in [5, 5.41) is 2.61. The van der Waals surface area contributed by atoms with Crippen molar-refractivity contribution in [3.05, 3.63) is 40.8 Å². The smallest absolute Gasteiger partial charge is 0.262 e. The summed E-state index contributed by atoms with van der Waals surface area (Å²) in [6.45, 7) is 0. The van der Waals surface area contributed by atoms with E-state index in [1.807, 2.05) is 0 Å². The van der Waals surface area contributed by atoms with Gasteiger partial charge < -0.3 is 15.8 Å². The van der Waals surface area contributed by atoms with Gasteiger partial charge in [0.15, 0.2) is 5.82 Å². The number of hydrogen-bond donors (Lipinski definition) is 2. The van der Waals surface area contributed by atoms with Crippen LogP contribution in [0.3, 0.4) is 0 Å². The minimum Gasteiger partial charge on any atom is -0.496 e. The second kappa shape index (κ2) is 5.66. The molecule has 2 aromatic rings. The zero-order valence-corrected chi connectivity index (χ0v) is 11.6. The third-order valence-electron chi connectivity index (χ3n) is 2.37. The lowest BCUT2D eigenvalue weighted by Gasteiger charge is -2.10. The number of benzene rings is 1. The molecule has 0 radical (unpaired) electrons. The SMILES string of the molecule is COc1cccc(N)c1C(=O)Nc1cnc(Br)cn1. The number of halogens is 1. The second-order valence-electron chi connectivity index (χ2n) is 3.60. The minimum atomic E-state index is -0.397. The third-order valence-corrected chi connectivity index (χ3v) is 2.78. The summed E-state index contributed by atoms with van der Waals surface area (Å²) in [6, 6.07) is 5.01. The van der Waals surface area contributed by atoms with Crippen LogP contribution in [0.1, 0.15) is 10.4 Å². The van der Waals surface area contributed by atoms with Crippen LogP contribution < -0.4 is 15.8 Å². The fraction of sp³-hybridized carbons (Fsp3) is 0.0833. The first-order chi connectivity index (χ1) is 9.11. The van der Waals surface area contributed by atoms with Crippen LogP contribution in [0.5, 0.6) is 5.75 Å². The third kappa shape index (κ3) is 3.00. The first kappa shape index (κ1) is 13.3. The van der Waals surface area contributed by atoms with Crippen molar-refractivity contribution < 1.29 is 9.53 Å². The molecule has 2 rings (SSSR count). The molecule has 0 spiro atoms. The summed E-state index contributed by atoms with van der Waals surface area (Å²) in [7, 11) is 1.48. The fourth-order valence-corrected chi connectivity index (χ4v) is 1.72. The van der Waals surface area contributed by atoms with Gasteiger partial charge in [0.25, 0.3) is 5.91 Å². The maximum atomic E-state index is 12.1. The number of nitrogens with one attached hydrogen (secondary N) is 1. The molecule has 7 heteroatoms. The predicted molar refractivity (Wildman–Crippen MR) is 75.1 cm³/mol. The molecule has 3 N–H and O–H groups in total. The Labute approximate surface area is 118 Å². The number of rotatable bonds is 3. The summed E-state index contributed by atoms with van der Waals surface area (Å²) in [6.07, 6.45) is 2.93. The summed E-state index contributed by atoms with van der Waals surface area (Å²) in [4.78, 5) is 20.1. The normalized spacial score (nSPS) is 10.0. The molecule has 6 nitrogen and oxygen atoms in total. The largest absolute Gasteiger partial charge is 0.496 e. The Morgan fingerprint density at radius 2 is 2.16 bits per heavy atom. The first-order valence-electron chi connectivity index (χ1n) is 5.33. The maximum absolute atomic E-state index is 12.1. The van der Waals surface area contributed by atoms with Crippen LogP contribution in [0.25, 0.3) is 0 Å². The van der Waals surface area contributed by atoms with Crippen LogP contribution in [0.15, 0.2) is 35.2 Å². The van der Waals surface area contributed by atoms with Crippen LogP contribution in [0.2, 0.25) is 0 Å². The first-order valence-corrected chi connectivity index (χ1v) is 6.12. The molecular formula is C12H11BrN4O2. The Bertz CT molecular complexity index is 601. The number of nitrogens with zero attached hydrogens (tertiary/aromatic N) is 2. The Hall–Kier alpha value is -2.15. The zero-order valence-electron chi connectivity index (χ0n) is 10.1. The maximum Gasteiger partial charge on any atom is 0.262 e. The number of carbonyl (C=O) groups excluding carboxylic acids is 1. The number of methoxy groups -OCH3 is 1. The Kier molecular flexibility index (Phi) is 3.96. The highest BCUT2D eigenvalue weighted by Crippen LogP contribution is 2.24. The van der Waals surface area contributed by atoms with Gasteiger partial charge in [0.1, 0.15) is 15.9 Å². The van der Waals surface area contributed by atoms with E-state index in [9.17, 15) is 4.79 Å². The lowest BCUT2D eigenvalue weighted by molar-refractivity contribution is 0.102. The molecule has 0 unspecified atom stereocenters. The van der Waals surface area contributed by atoms with Crippen molar-refractivity contribution in [1.82, 2.24) is 9.97 Å². The van der Waals surface area contributed by atoms with E-state index in [-0.39, 0.29) is 5.56 Å². The zero-order chi connectivity index (χ0) is 13.8. The number of nitrogen functional groups attached to an aromatic ring is 1. The van der Waals surface area contributed by atoms with E-state index >= 15 is 0 Å². The molecule has 1 aromatic carbocycles. The van der Waals surface area contributed by atoms with E-state index in [4.69, 9.17) is 10.5 Å². The average molecular weight is 323 g/mol. The molecule has 0 atom stereocenters. The van der Waals surface area contributed by atoms with Crippen LogP contribution in [0, 0.1) is 0 Å². The molecule has 0 saturated heterocycles. The predicted octanol–water partition coefficient (Wildman–Crippen LogP) is 2.08. The molecular weight excluding hydrogens is 312 g/mol. The number of hydrogen-bond acceptors (Lipinski definition) is 5. The van der Waals surface area contributed by atoms with Gasteiger partial charge in [-0.3, -0.25) is 4.79 Å². The number of ether oxygens (including phenoxy) is 1.